The Labute approximate surface area is 115 Å². The van der Waals surface area contributed by atoms with Gasteiger partial charge in [0.1, 0.15) is 0 Å². The van der Waals surface area contributed by atoms with E-state index in [0.29, 0.717) is 24.7 Å². The van der Waals surface area contributed by atoms with Crippen LogP contribution in [0.1, 0.15) is 38.4 Å². The first-order valence-electron chi connectivity index (χ1n) is 6.57. The number of nitrogens with zero attached hydrogens (tertiary/aromatic N) is 3. The standard InChI is InChI=1S/C12H19F3N4O/c1-11(2,16)10-17-9(20-18-10)7-19-5-3-4-8(6-19)12(13,14)15/h8H,3-7,16H2,1-2H3. The number of rotatable bonds is 3. The normalized spacial score (nSPS) is 22.2. The summed E-state index contributed by atoms with van der Waals surface area (Å²) in [6.45, 7) is 4.30. The van der Waals surface area contributed by atoms with Gasteiger partial charge in [-0.1, -0.05) is 5.16 Å². The fourth-order valence-corrected chi connectivity index (χ4v) is 2.24. The van der Waals surface area contributed by atoms with Gasteiger partial charge in [-0.2, -0.15) is 18.2 Å². The average molecular weight is 292 g/mol. The summed E-state index contributed by atoms with van der Waals surface area (Å²) >= 11 is 0. The van der Waals surface area contributed by atoms with E-state index >= 15 is 0 Å². The number of nitrogens with two attached hydrogens (primary N) is 1. The molecule has 0 amide bonds. The number of piperidine rings is 1. The van der Waals surface area contributed by atoms with Crippen molar-refractivity contribution in [1.82, 2.24) is 15.0 Å². The molecule has 1 aliphatic heterocycles. The highest BCUT2D eigenvalue weighted by molar-refractivity contribution is 4.99. The van der Waals surface area contributed by atoms with E-state index in [-0.39, 0.29) is 19.5 Å². The molecule has 1 aromatic rings. The molecular formula is C12H19F3N4O. The lowest BCUT2D eigenvalue weighted by atomic mass is 9.97. The van der Waals surface area contributed by atoms with Crippen LogP contribution in [0.4, 0.5) is 13.2 Å². The molecule has 1 fully saturated rings. The first kappa shape index (κ1) is 15.2. The molecule has 1 aliphatic rings. The van der Waals surface area contributed by atoms with Crippen LogP contribution in [0.25, 0.3) is 0 Å². The van der Waals surface area contributed by atoms with Crippen LogP contribution in [0.2, 0.25) is 0 Å². The van der Waals surface area contributed by atoms with Gasteiger partial charge in [-0.3, -0.25) is 4.90 Å². The van der Waals surface area contributed by atoms with E-state index in [0.717, 1.165) is 0 Å². The molecule has 5 nitrogen and oxygen atoms in total. The van der Waals surface area contributed by atoms with E-state index in [2.05, 4.69) is 10.1 Å². The van der Waals surface area contributed by atoms with Gasteiger partial charge in [-0.15, -0.1) is 0 Å². The summed E-state index contributed by atoms with van der Waals surface area (Å²) in [5, 5.41) is 3.76. The minimum absolute atomic E-state index is 0.0206. The van der Waals surface area contributed by atoms with Crippen molar-refractivity contribution in [3.05, 3.63) is 11.7 Å². The summed E-state index contributed by atoms with van der Waals surface area (Å²) in [6, 6.07) is 0. The van der Waals surface area contributed by atoms with Gasteiger partial charge in [0.25, 0.3) is 0 Å². The van der Waals surface area contributed by atoms with E-state index in [1.807, 2.05) is 0 Å². The van der Waals surface area contributed by atoms with Crippen LogP contribution >= 0.6 is 0 Å². The lowest BCUT2D eigenvalue weighted by molar-refractivity contribution is -0.187. The zero-order chi connectivity index (χ0) is 15.0. The maximum atomic E-state index is 12.7. The predicted molar refractivity (Wildman–Crippen MR) is 65.6 cm³/mol. The third kappa shape index (κ3) is 3.69. The van der Waals surface area contributed by atoms with Crippen molar-refractivity contribution in [2.24, 2.45) is 11.7 Å². The average Bonchev–Trinajstić information content (AvgIpc) is 2.76. The molecule has 1 unspecified atom stereocenters. The van der Waals surface area contributed by atoms with Crippen LogP contribution in [0.5, 0.6) is 0 Å². The highest BCUT2D eigenvalue weighted by Gasteiger charge is 2.41. The van der Waals surface area contributed by atoms with Crippen LogP contribution in [0.15, 0.2) is 4.52 Å². The number of alkyl halides is 3. The number of hydrogen-bond acceptors (Lipinski definition) is 5. The summed E-state index contributed by atoms with van der Waals surface area (Å²) in [7, 11) is 0. The lowest BCUT2D eigenvalue weighted by Gasteiger charge is -2.32. The molecule has 0 aliphatic carbocycles. The Kier molecular flexibility index (Phi) is 4.06. The molecule has 1 aromatic heterocycles. The van der Waals surface area contributed by atoms with Gasteiger partial charge in [0, 0.05) is 6.54 Å². The largest absolute Gasteiger partial charge is 0.393 e. The molecular weight excluding hydrogens is 273 g/mol. The quantitative estimate of drug-likeness (QED) is 0.923. The third-order valence-electron chi connectivity index (χ3n) is 3.37. The molecule has 0 bridgehead atoms. The van der Waals surface area contributed by atoms with Crippen LogP contribution in [0.3, 0.4) is 0 Å². The maximum absolute atomic E-state index is 12.7. The van der Waals surface area contributed by atoms with Crippen molar-refractivity contribution in [3.8, 4) is 0 Å². The van der Waals surface area contributed by atoms with Crippen molar-refractivity contribution in [2.75, 3.05) is 13.1 Å². The molecule has 8 heteroatoms. The Balaban J connectivity index is 1.98. The Morgan fingerprint density at radius 1 is 1.40 bits per heavy atom. The molecule has 0 aromatic carbocycles. The summed E-state index contributed by atoms with van der Waals surface area (Å²) < 4.78 is 43.2. The molecule has 114 valence electrons. The fourth-order valence-electron chi connectivity index (χ4n) is 2.24. The predicted octanol–water partition coefficient (Wildman–Crippen LogP) is 2.04. The molecule has 20 heavy (non-hydrogen) atoms. The third-order valence-corrected chi connectivity index (χ3v) is 3.37. The minimum atomic E-state index is -4.14. The van der Waals surface area contributed by atoms with Crippen molar-refractivity contribution in [1.29, 1.82) is 0 Å². The fraction of sp³-hybridized carbons (Fsp3) is 0.833. The Morgan fingerprint density at radius 2 is 2.10 bits per heavy atom. The second kappa shape index (κ2) is 5.33. The molecule has 2 rings (SSSR count). The van der Waals surface area contributed by atoms with E-state index in [9.17, 15) is 13.2 Å². The summed E-state index contributed by atoms with van der Waals surface area (Å²) in [4.78, 5) is 5.83. The highest BCUT2D eigenvalue weighted by Crippen LogP contribution is 2.33. The van der Waals surface area contributed by atoms with Crippen LogP contribution in [-0.2, 0) is 12.1 Å². The van der Waals surface area contributed by atoms with Crippen LogP contribution in [0, 0.1) is 5.92 Å². The maximum Gasteiger partial charge on any atom is 0.393 e. The van der Waals surface area contributed by atoms with Crippen molar-refractivity contribution < 1.29 is 17.7 Å². The molecule has 2 heterocycles. The molecule has 1 atom stereocenters. The van der Waals surface area contributed by atoms with Crippen LogP contribution < -0.4 is 5.73 Å². The molecule has 2 N–H and O–H groups in total. The zero-order valence-corrected chi connectivity index (χ0v) is 11.6. The smallest absolute Gasteiger partial charge is 0.338 e. The van der Waals surface area contributed by atoms with Gasteiger partial charge < -0.3 is 10.3 Å². The zero-order valence-electron chi connectivity index (χ0n) is 11.6. The van der Waals surface area contributed by atoms with Gasteiger partial charge in [0.05, 0.1) is 18.0 Å². The van der Waals surface area contributed by atoms with Gasteiger partial charge in [0.2, 0.25) is 5.89 Å². The molecule has 1 saturated heterocycles. The van der Waals surface area contributed by atoms with Gasteiger partial charge in [0.15, 0.2) is 5.82 Å². The van der Waals surface area contributed by atoms with E-state index in [1.165, 1.54) is 0 Å². The second-order valence-corrected chi connectivity index (χ2v) is 5.85. The van der Waals surface area contributed by atoms with Crippen molar-refractivity contribution in [3.63, 3.8) is 0 Å². The van der Waals surface area contributed by atoms with Crippen molar-refractivity contribution >= 4 is 0 Å². The van der Waals surface area contributed by atoms with Gasteiger partial charge >= 0.3 is 6.18 Å². The summed E-state index contributed by atoms with van der Waals surface area (Å²) in [6.07, 6.45) is -3.43. The number of halogens is 3. The van der Waals surface area contributed by atoms with E-state index in [1.54, 1.807) is 18.7 Å². The van der Waals surface area contributed by atoms with E-state index < -0.39 is 17.6 Å². The monoisotopic (exact) mass is 292 g/mol. The second-order valence-electron chi connectivity index (χ2n) is 5.85. The lowest BCUT2D eigenvalue weighted by Crippen LogP contribution is -2.41. The first-order valence-corrected chi connectivity index (χ1v) is 6.57. The SMILES string of the molecule is CC(C)(N)c1noc(CN2CCCC(C(F)(F)F)C2)n1. The highest BCUT2D eigenvalue weighted by atomic mass is 19.4. The van der Waals surface area contributed by atoms with E-state index in [4.69, 9.17) is 10.3 Å². The molecule has 0 radical (unpaired) electrons. The summed E-state index contributed by atoms with van der Waals surface area (Å²) in [5.41, 5.74) is 5.11. The Morgan fingerprint density at radius 3 is 2.65 bits per heavy atom. The molecule has 0 saturated carbocycles. The Bertz CT molecular complexity index is 452. The van der Waals surface area contributed by atoms with Crippen molar-refractivity contribution in [2.45, 2.75) is 44.9 Å². The molecule has 0 spiro atoms. The first-order chi connectivity index (χ1) is 9.16. The number of aromatic nitrogens is 2. The van der Waals surface area contributed by atoms with Gasteiger partial charge in [-0.25, -0.2) is 0 Å². The topological polar surface area (TPSA) is 68.2 Å². The minimum Gasteiger partial charge on any atom is -0.338 e. The van der Waals surface area contributed by atoms with Gasteiger partial charge in [-0.05, 0) is 33.2 Å². The Hall–Kier alpha value is -1.15. The number of likely N-dealkylation sites (tertiary alicyclic amines) is 1. The van der Waals surface area contributed by atoms with Crippen LogP contribution in [-0.4, -0.2) is 34.3 Å². The summed E-state index contributed by atoms with van der Waals surface area (Å²) in [5.74, 6) is -0.608. The number of hydrogen-bond donors (Lipinski definition) is 1.